The minimum absolute atomic E-state index is 0.0303. The molecule has 4 fully saturated rings. The van der Waals surface area contributed by atoms with E-state index in [1.54, 1.807) is 0 Å². The highest BCUT2D eigenvalue weighted by Gasteiger charge is 2.26. The van der Waals surface area contributed by atoms with Gasteiger partial charge in [-0.1, -0.05) is 0 Å². The smallest absolute Gasteiger partial charge is 0.0594 e. The topological polar surface area (TPSA) is 65.4 Å². The molecule has 2 saturated carbocycles. The van der Waals surface area contributed by atoms with Crippen LogP contribution >= 0.6 is 0 Å². The van der Waals surface area contributed by atoms with Crippen LogP contribution in [0, 0.1) is 0 Å². The first-order valence-electron chi connectivity index (χ1n) is 10.7. The van der Waals surface area contributed by atoms with Crippen molar-refractivity contribution in [2.24, 2.45) is 0 Å². The van der Waals surface area contributed by atoms with E-state index in [9.17, 15) is 10.2 Å². The van der Waals surface area contributed by atoms with Gasteiger partial charge in [-0.3, -0.25) is 9.80 Å². The number of aliphatic hydroxyl groups is 2. The molecule has 6 heteroatoms. The first-order valence-corrected chi connectivity index (χ1v) is 10.7. The first kappa shape index (κ1) is 20.5. The van der Waals surface area contributed by atoms with Gasteiger partial charge in [0.05, 0.1) is 38.6 Å². The SMILES string of the molecule is OC1CCC(N2CCOCC2)CC1.OC1CCC(N2CCOCC2)CC1. The lowest BCUT2D eigenvalue weighted by Crippen LogP contribution is -2.45. The predicted molar refractivity (Wildman–Crippen MR) is 101 cm³/mol. The number of morpholine rings is 2. The molecule has 4 aliphatic rings. The van der Waals surface area contributed by atoms with E-state index in [0.29, 0.717) is 12.1 Å². The second kappa shape index (κ2) is 10.9. The van der Waals surface area contributed by atoms with E-state index in [2.05, 4.69) is 9.80 Å². The highest BCUT2D eigenvalue weighted by Crippen LogP contribution is 2.24. The highest BCUT2D eigenvalue weighted by molar-refractivity contribution is 4.81. The average molecular weight is 371 g/mol. The van der Waals surface area contributed by atoms with Crippen molar-refractivity contribution in [1.82, 2.24) is 9.80 Å². The van der Waals surface area contributed by atoms with Crippen molar-refractivity contribution in [3.05, 3.63) is 0 Å². The molecule has 0 radical (unpaired) electrons. The second-order valence-electron chi connectivity index (χ2n) is 8.22. The summed E-state index contributed by atoms with van der Waals surface area (Å²) in [5.41, 5.74) is 0. The van der Waals surface area contributed by atoms with Gasteiger partial charge in [-0.15, -0.1) is 0 Å². The van der Waals surface area contributed by atoms with Gasteiger partial charge in [0.1, 0.15) is 0 Å². The molecule has 2 aliphatic heterocycles. The number of ether oxygens (including phenoxy) is 2. The van der Waals surface area contributed by atoms with Gasteiger partial charge in [-0.25, -0.2) is 0 Å². The van der Waals surface area contributed by atoms with E-state index in [4.69, 9.17) is 9.47 Å². The van der Waals surface area contributed by atoms with Crippen molar-refractivity contribution in [1.29, 1.82) is 0 Å². The summed E-state index contributed by atoms with van der Waals surface area (Å²) in [6.07, 6.45) is 8.56. The van der Waals surface area contributed by atoms with Gasteiger partial charge in [0.25, 0.3) is 0 Å². The molecule has 2 N–H and O–H groups in total. The number of rotatable bonds is 2. The molecule has 26 heavy (non-hydrogen) atoms. The maximum absolute atomic E-state index is 9.38. The van der Waals surface area contributed by atoms with E-state index < -0.39 is 0 Å². The fraction of sp³-hybridized carbons (Fsp3) is 1.00. The lowest BCUT2D eigenvalue weighted by atomic mass is 9.92. The molecule has 0 amide bonds. The van der Waals surface area contributed by atoms with Crippen LogP contribution in [-0.2, 0) is 9.47 Å². The molecule has 4 rings (SSSR count). The summed E-state index contributed by atoms with van der Waals surface area (Å²) >= 11 is 0. The summed E-state index contributed by atoms with van der Waals surface area (Å²) in [6.45, 7) is 7.89. The van der Waals surface area contributed by atoms with Crippen LogP contribution in [0.2, 0.25) is 0 Å². The summed E-state index contributed by atoms with van der Waals surface area (Å²) in [5, 5.41) is 18.8. The highest BCUT2D eigenvalue weighted by atomic mass is 16.5. The Morgan fingerprint density at radius 3 is 1.12 bits per heavy atom. The molecule has 2 heterocycles. The second-order valence-corrected chi connectivity index (χ2v) is 8.22. The van der Waals surface area contributed by atoms with E-state index in [1.807, 2.05) is 0 Å². The molecule has 0 aromatic carbocycles. The zero-order chi connectivity index (χ0) is 18.2. The van der Waals surface area contributed by atoms with E-state index in [0.717, 1.165) is 78.3 Å². The number of hydrogen-bond acceptors (Lipinski definition) is 6. The van der Waals surface area contributed by atoms with Gasteiger partial charge in [-0.2, -0.15) is 0 Å². The molecule has 0 bridgehead atoms. The minimum atomic E-state index is -0.0303. The Morgan fingerprint density at radius 2 is 0.808 bits per heavy atom. The molecule has 152 valence electrons. The van der Waals surface area contributed by atoms with E-state index in [1.165, 1.54) is 25.7 Å². The normalized spacial score (nSPS) is 37.6. The molecule has 0 spiro atoms. The Balaban J connectivity index is 0.000000151. The summed E-state index contributed by atoms with van der Waals surface area (Å²) in [5.74, 6) is 0. The van der Waals surface area contributed by atoms with Crippen molar-refractivity contribution in [3.8, 4) is 0 Å². The minimum Gasteiger partial charge on any atom is -0.393 e. The van der Waals surface area contributed by atoms with E-state index in [-0.39, 0.29) is 12.2 Å². The van der Waals surface area contributed by atoms with Crippen LogP contribution in [0.25, 0.3) is 0 Å². The third-order valence-electron chi connectivity index (χ3n) is 6.46. The summed E-state index contributed by atoms with van der Waals surface area (Å²) < 4.78 is 10.6. The summed E-state index contributed by atoms with van der Waals surface area (Å²) in [6, 6.07) is 1.43. The zero-order valence-corrected chi connectivity index (χ0v) is 16.2. The van der Waals surface area contributed by atoms with E-state index >= 15 is 0 Å². The van der Waals surface area contributed by atoms with Crippen molar-refractivity contribution in [2.45, 2.75) is 75.7 Å². The summed E-state index contributed by atoms with van der Waals surface area (Å²) in [7, 11) is 0. The van der Waals surface area contributed by atoms with Gasteiger partial charge in [0.2, 0.25) is 0 Å². The van der Waals surface area contributed by atoms with Crippen molar-refractivity contribution < 1.29 is 19.7 Å². The lowest BCUT2D eigenvalue weighted by Gasteiger charge is -2.37. The maximum atomic E-state index is 9.38. The molecular formula is C20H38N2O4. The van der Waals surface area contributed by atoms with Crippen LogP contribution in [0.4, 0.5) is 0 Å². The third kappa shape index (κ3) is 6.43. The van der Waals surface area contributed by atoms with Crippen LogP contribution < -0.4 is 0 Å². The van der Waals surface area contributed by atoms with Gasteiger partial charge in [0, 0.05) is 38.3 Å². The van der Waals surface area contributed by atoms with Crippen LogP contribution in [0.5, 0.6) is 0 Å². The Kier molecular flexibility index (Phi) is 8.62. The van der Waals surface area contributed by atoms with Crippen molar-refractivity contribution in [3.63, 3.8) is 0 Å². The zero-order valence-electron chi connectivity index (χ0n) is 16.2. The van der Waals surface area contributed by atoms with Gasteiger partial charge >= 0.3 is 0 Å². The molecule has 0 aromatic rings. The van der Waals surface area contributed by atoms with Gasteiger partial charge < -0.3 is 19.7 Å². The van der Waals surface area contributed by atoms with Gasteiger partial charge in [0.15, 0.2) is 0 Å². The molecule has 2 saturated heterocycles. The van der Waals surface area contributed by atoms with Gasteiger partial charge in [-0.05, 0) is 51.4 Å². The number of hydrogen-bond donors (Lipinski definition) is 2. The Bertz CT molecular complexity index is 334. The van der Waals surface area contributed by atoms with Crippen molar-refractivity contribution in [2.75, 3.05) is 52.6 Å². The maximum Gasteiger partial charge on any atom is 0.0594 e. The fourth-order valence-corrected chi connectivity index (χ4v) is 4.73. The molecule has 0 atom stereocenters. The lowest BCUT2D eigenvalue weighted by molar-refractivity contribution is -0.00375. The molecular weight excluding hydrogens is 332 g/mol. The Hall–Kier alpha value is -0.240. The van der Waals surface area contributed by atoms with Crippen LogP contribution in [0.1, 0.15) is 51.4 Å². The average Bonchev–Trinajstić information content (AvgIpc) is 2.71. The quantitative estimate of drug-likeness (QED) is 0.763. The Morgan fingerprint density at radius 1 is 0.500 bits per heavy atom. The molecule has 0 aromatic heterocycles. The van der Waals surface area contributed by atoms with Crippen LogP contribution in [0.15, 0.2) is 0 Å². The summed E-state index contributed by atoms with van der Waals surface area (Å²) in [4.78, 5) is 5.05. The predicted octanol–water partition coefficient (Wildman–Crippen LogP) is 1.24. The van der Waals surface area contributed by atoms with Crippen LogP contribution in [0.3, 0.4) is 0 Å². The molecule has 0 unspecified atom stereocenters. The number of nitrogens with zero attached hydrogens (tertiary/aromatic N) is 2. The van der Waals surface area contributed by atoms with Crippen LogP contribution in [-0.4, -0.2) is 96.9 Å². The fourth-order valence-electron chi connectivity index (χ4n) is 4.73. The third-order valence-corrected chi connectivity index (χ3v) is 6.46. The van der Waals surface area contributed by atoms with Crippen molar-refractivity contribution >= 4 is 0 Å². The first-order chi connectivity index (χ1) is 12.7. The molecule has 6 nitrogen and oxygen atoms in total. The Labute approximate surface area is 158 Å². The largest absolute Gasteiger partial charge is 0.393 e. The number of aliphatic hydroxyl groups excluding tert-OH is 2. The monoisotopic (exact) mass is 370 g/mol. The molecule has 2 aliphatic carbocycles. The standard InChI is InChI=1S/2C10H19NO2/c2*12-10-3-1-9(2-4-10)11-5-7-13-8-6-11/h2*9-10,12H,1-8H2.